The van der Waals surface area contributed by atoms with Crippen LogP contribution in [0.25, 0.3) is 0 Å². The number of unbranched alkanes of at least 4 members (excludes halogenated alkanes) is 5. The van der Waals surface area contributed by atoms with E-state index in [0.29, 0.717) is 6.54 Å². The van der Waals surface area contributed by atoms with E-state index >= 15 is 0 Å². The highest BCUT2D eigenvalue weighted by molar-refractivity contribution is 5.32. The van der Waals surface area contributed by atoms with E-state index in [1.807, 2.05) is 0 Å². The van der Waals surface area contributed by atoms with E-state index in [1.165, 1.54) is 64.2 Å². The fourth-order valence-electron chi connectivity index (χ4n) is 4.11. The van der Waals surface area contributed by atoms with Gasteiger partial charge in [-0.2, -0.15) is 0 Å². The van der Waals surface area contributed by atoms with Crippen LogP contribution in [0.15, 0.2) is 4.99 Å². The fraction of sp³-hybridized carbons (Fsp3) is 0.938. The molecule has 0 radical (unpaired) electrons. The summed E-state index contributed by atoms with van der Waals surface area (Å²) in [4.78, 5) is 13.5. The molecular weight excluding hydrogens is 222 g/mol. The van der Waals surface area contributed by atoms with Crippen LogP contribution < -0.4 is 0 Å². The zero-order valence-corrected chi connectivity index (χ0v) is 11.6. The van der Waals surface area contributed by atoms with Gasteiger partial charge >= 0.3 is 0 Å². The average molecular weight is 249 g/mol. The molecule has 0 heterocycles. The number of hydrogen-bond acceptors (Lipinski definition) is 2. The molecule has 2 heteroatoms. The Hall–Kier alpha value is -0.620. The Balaban J connectivity index is 1.43. The third kappa shape index (κ3) is 3.95. The third-order valence-corrected chi connectivity index (χ3v) is 5.18. The summed E-state index contributed by atoms with van der Waals surface area (Å²) in [5.74, 6) is 1.10. The van der Waals surface area contributed by atoms with Gasteiger partial charge in [0.15, 0.2) is 0 Å². The minimum Gasteiger partial charge on any atom is -0.211 e. The molecule has 0 spiro atoms. The quantitative estimate of drug-likeness (QED) is 0.333. The molecule has 2 nitrogen and oxygen atoms in total. The standard InChI is InChI=1S/C16H27NO/c18-14-17-12-6-4-2-1-3-5-9-16-10-7-15(13-16)8-11-16/h15H,1-13H2. The predicted molar refractivity (Wildman–Crippen MR) is 74.3 cm³/mol. The highest BCUT2D eigenvalue weighted by Gasteiger charge is 2.43. The molecule has 0 unspecified atom stereocenters. The van der Waals surface area contributed by atoms with Gasteiger partial charge in [-0.1, -0.05) is 32.1 Å². The molecule has 2 fully saturated rings. The van der Waals surface area contributed by atoms with E-state index in [1.54, 1.807) is 12.5 Å². The highest BCUT2D eigenvalue weighted by Crippen LogP contribution is 2.56. The van der Waals surface area contributed by atoms with Crippen LogP contribution in [0.4, 0.5) is 0 Å². The van der Waals surface area contributed by atoms with Gasteiger partial charge in [0, 0.05) is 0 Å². The van der Waals surface area contributed by atoms with Crippen LogP contribution in [0.3, 0.4) is 0 Å². The molecule has 0 amide bonds. The normalized spacial score (nSPS) is 29.4. The van der Waals surface area contributed by atoms with Crippen LogP contribution in [0, 0.1) is 11.3 Å². The second-order valence-electron chi connectivity index (χ2n) is 6.49. The molecule has 0 aromatic rings. The molecule has 2 bridgehead atoms. The monoisotopic (exact) mass is 249 g/mol. The first-order valence-corrected chi connectivity index (χ1v) is 7.88. The molecule has 2 saturated carbocycles. The lowest BCUT2D eigenvalue weighted by Gasteiger charge is -2.26. The van der Waals surface area contributed by atoms with Crippen LogP contribution in [-0.2, 0) is 4.79 Å². The Kier molecular flexibility index (Phi) is 5.44. The van der Waals surface area contributed by atoms with Gasteiger partial charge in [0.05, 0.1) is 6.54 Å². The van der Waals surface area contributed by atoms with Gasteiger partial charge in [-0.15, -0.1) is 0 Å². The number of nitrogens with zero attached hydrogens (tertiary/aromatic N) is 1. The fourth-order valence-corrected chi connectivity index (χ4v) is 4.11. The summed E-state index contributed by atoms with van der Waals surface area (Å²) < 4.78 is 0. The molecular formula is C16H27NO. The zero-order valence-electron chi connectivity index (χ0n) is 11.6. The maximum absolute atomic E-state index is 9.88. The summed E-state index contributed by atoms with van der Waals surface area (Å²) in [6.45, 7) is 0.675. The maximum Gasteiger partial charge on any atom is 0.234 e. The Labute approximate surface area is 111 Å². The van der Waals surface area contributed by atoms with E-state index in [4.69, 9.17) is 0 Å². The predicted octanol–water partition coefficient (Wildman–Crippen LogP) is 4.63. The summed E-state index contributed by atoms with van der Waals surface area (Å²) in [6, 6.07) is 0. The largest absolute Gasteiger partial charge is 0.234 e. The second kappa shape index (κ2) is 7.09. The van der Waals surface area contributed by atoms with Gasteiger partial charge < -0.3 is 0 Å². The van der Waals surface area contributed by atoms with E-state index < -0.39 is 0 Å². The average Bonchev–Trinajstić information content (AvgIpc) is 2.97. The van der Waals surface area contributed by atoms with Crippen molar-refractivity contribution in [1.29, 1.82) is 0 Å². The van der Waals surface area contributed by atoms with Crippen LogP contribution in [0.1, 0.15) is 77.0 Å². The van der Waals surface area contributed by atoms with Crippen molar-refractivity contribution >= 4 is 6.08 Å². The van der Waals surface area contributed by atoms with Crippen molar-refractivity contribution in [2.75, 3.05) is 6.54 Å². The molecule has 0 aromatic heterocycles. The lowest BCUT2D eigenvalue weighted by atomic mass is 9.79. The minimum atomic E-state index is 0.675. The van der Waals surface area contributed by atoms with E-state index in [9.17, 15) is 4.79 Å². The van der Waals surface area contributed by atoms with Crippen LogP contribution >= 0.6 is 0 Å². The van der Waals surface area contributed by atoms with Crippen molar-refractivity contribution in [2.45, 2.75) is 77.0 Å². The molecule has 0 atom stereocenters. The number of carbonyl (C=O) groups excluding carboxylic acids is 1. The molecule has 18 heavy (non-hydrogen) atoms. The lowest BCUT2D eigenvalue weighted by molar-refractivity contribution is 0.260. The molecule has 2 aliphatic carbocycles. The lowest BCUT2D eigenvalue weighted by Crippen LogP contribution is -2.13. The van der Waals surface area contributed by atoms with E-state index in [-0.39, 0.29) is 0 Å². The van der Waals surface area contributed by atoms with Crippen LogP contribution in [0.2, 0.25) is 0 Å². The Morgan fingerprint density at radius 2 is 1.67 bits per heavy atom. The highest BCUT2D eigenvalue weighted by atomic mass is 16.1. The Bertz CT molecular complexity index is 285. The zero-order chi connectivity index (χ0) is 12.7. The van der Waals surface area contributed by atoms with Crippen molar-refractivity contribution in [3.05, 3.63) is 0 Å². The summed E-state index contributed by atoms with van der Waals surface area (Å²) in [7, 11) is 0. The van der Waals surface area contributed by atoms with Crippen molar-refractivity contribution < 1.29 is 4.79 Å². The molecule has 0 saturated heterocycles. The first-order chi connectivity index (χ1) is 8.85. The first-order valence-electron chi connectivity index (χ1n) is 7.88. The minimum absolute atomic E-state index is 0.675. The van der Waals surface area contributed by atoms with Gasteiger partial charge in [0.1, 0.15) is 0 Å². The second-order valence-corrected chi connectivity index (χ2v) is 6.49. The number of fused-ring (bicyclic) bond motifs is 2. The Morgan fingerprint density at radius 3 is 2.28 bits per heavy atom. The molecule has 2 aliphatic rings. The number of aliphatic imine (C=N–C) groups is 1. The molecule has 0 N–H and O–H groups in total. The summed E-state index contributed by atoms with van der Waals surface area (Å²) in [5, 5.41) is 0. The first kappa shape index (κ1) is 13.8. The molecule has 102 valence electrons. The number of isocyanates is 1. The molecule has 0 aliphatic heterocycles. The topological polar surface area (TPSA) is 29.4 Å². The van der Waals surface area contributed by atoms with Crippen LogP contribution in [-0.4, -0.2) is 12.6 Å². The van der Waals surface area contributed by atoms with Gasteiger partial charge in [0.25, 0.3) is 0 Å². The third-order valence-electron chi connectivity index (χ3n) is 5.18. The number of rotatable bonds is 9. The van der Waals surface area contributed by atoms with Crippen molar-refractivity contribution in [3.8, 4) is 0 Å². The number of hydrogen-bond donors (Lipinski definition) is 0. The van der Waals surface area contributed by atoms with Crippen molar-refractivity contribution in [2.24, 2.45) is 16.3 Å². The van der Waals surface area contributed by atoms with Gasteiger partial charge in [-0.3, -0.25) is 0 Å². The van der Waals surface area contributed by atoms with Gasteiger partial charge in [-0.05, 0) is 56.3 Å². The van der Waals surface area contributed by atoms with Crippen molar-refractivity contribution in [1.82, 2.24) is 0 Å². The smallest absolute Gasteiger partial charge is 0.211 e. The van der Waals surface area contributed by atoms with Gasteiger partial charge in [-0.25, -0.2) is 9.79 Å². The molecule has 0 aromatic carbocycles. The van der Waals surface area contributed by atoms with Gasteiger partial charge in [0.2, 0.25) is 6.08 Å². The van der Waals surface area contributed by atoms with Crippen molar-refractivity contribution in [3.63, 3.8) is 0 Å². The summed E-state index contributed by atoms with van der Waals surface area (Å²) in [6.07, 6.45) is 18.6. The molecule has 2 rings (SSSR count). The maximum atomic E-state index is 9.88. The summed E-state index contributed by atoms with van der Waals surface area (Å²) in [5.41, 5.74) is 0.795. The van der Waals surface area contributed by atoms with E-state index in [0.717, 1.165) is 17.8 Å². The Morgan fingerprint density at radius 1 is 1.00 bits per heavy atom. The summed E-state index contributed by atoms with van der Waals surface area (Å²) >= 11 is 0. The SMILES string of the molecule is O=C=NCCCCCCCCC12CCC(CC1)C2. The van der Waals surface area contributed by atoms with E-state index in [2.05, 4.69) is 4.99 Å². The van der Waals surface area contributed by atoms with Crippen LogP contribution in [0.5, 0.6) is 0 Å².